The zero-order valence-electron chi connectivity index (χ0n) is 9.37. The van der Waals surface area contributed by atoms with Gasteiger partial charge in [0, 0.05) is 24.8 Å². The van der Waals surface area contributed by atoms with Crippen LogP contribution in [0.2, 0.25) is 0 Å². The Balaban J connectivity index is 1.90. The van der Waals surface area contributed by atoms with E-state index < -0.39 is 0 Å². The topological polar surface area (TPSA) is 29.5 Å². The van der Waals surface area contributed by atoms with Gasteiger partial charge in [-0.3, -0.25) is 4.79 Å². The molecule has 3 atom stereocenters. The molecule has 3 aliphatic rings. The Morgan fingerprint density at radius 3 is 3.07 bits per heavy atom. The zero-order chi connectivity index (χ0) is 10.5. The first-order chi connectivity index (χ1) is 7.21. The molecule has 3 nitrogen and oxygen atoms in total. The van der Waals surface area contributed by atoms with Crippen molar-refractivity contribution in [3.05, 3.63) is 0 Å². The van der Waals surface area contributed by atoms with Crippen LogP contribution in [0.3, 0.4) is 0 Å². The van der Waals surface area contributed by atoms with Gasteiger partial charge in [0.05, 0.1) is 6.61 Å². The summed E-state index contributed by atoms with van der Waals surface area (Å²) in [7, 11) is 0. The molecule has 84 valence electrons. The quantitative estimate of drug-likeness (QED) is 0.610. The first-order valence-electron chi connectivity index (χ1n) is 6.17. The van der Waals surface area contributed by atoms with E-state index in [4.69, 9.17) is 4.74 Å². The normalized spacial score (nSPS) is 45.1. The van der Waals surface area contributed by atoms with Gasteiger partial charge in [-0.25, -0.2) is 0 Å². The SMILES string of the molecule is C[C@@]12CCC(=O)N1[C@@H]1CCCC[C@@H]1CO2. The number of fused-ring (bicyclic) bond motifs is 3. The maximum atomic E-state index is 11.9. The molecule has 3 fully saturated rings. The minimum atomic E-state index is -0.268. The fourth-order valence-electron chi connectivity index (χ4n) is 3.53. The van der Waals surface area contributed by atoms with E-state index >= 15 is 0 Å². The smallest absolute Gasteiger partial charge is 0.225 e. The highest BCUT2D eigenvalue weighted by molar-refractivity contribution is 5.79. The molecule has 1 amide bonds. The van der Waals surface area contributed by atoms with Crippen LogP contribution in [0.15, 0.2) is 0 Å². The van der Waals surface area contributed by atoms with Gasteiger partial charge in [0.15, 0.2) is 0 Å². The molecule has 1 saturated carbocycles. The molecule has 0 unspecified atom stereocenters. The van der Waals surface area contributed by atoms with E-state index in [-0.39, 0.29) is 5.72 Å². The van der Waals surface area contributed by atoms with Gasteiger partial charge in [-0.05, 0) is 19.8 Å². The Morgan fingerprint density at radius 2 is 2.20 bits per heavy atom. The van der Waals surface area contributed by atoms with Crippen LogP contribution in [0.1, 0.15) is 45.4 Å². The van der Waals surface area contributed by atoms with Gasteiger partial charge in [-0.1, -0.05) is 12.8 Å². The summed E-state index contributed by atoms with van der Waals surface area (Å²) in [4.78, 5) is 14.0. The van der Waals surface area contributed by atoms with Crippen LogP contribution in [0.5, 0.6) is 0 Å². The van der Waals surface area contributed by atoms with Crippen molar-refractivity contribution in [2.45, 2.75) is 57.2 Å². The molecule has 0 bridgehead atoms. The maximum absolute atomic E-state index is 11.9. The van der Waals surface area contributed by atoms with Gasteiger partial charge in [-0.15, -0.1) is 0 Å². The molecule has 2 aliphatic heterocycles. The van der Waals surface area contributed by atoms with Crippen LogP contribution in [0, 0.1) is 5.92 Å². The third-order valence-corrected chi connectivity index (χ3v) is 4.39. The molecule has 0 radical (unpaired) electrons. The molecule has 2 saturated heterocycles. The molecular weight excluding hydrogens is 190 g/mol. The van der Waals surface area contributed by atoms with Crippen LogP contribution in [0.25, 0.3) is 0 Å². The number of rotatable bonds is 0. The molecule has 3 heteroatoms. The third-order valence-electron chi connectivity index (χ3n) is 4.39. The highest BCUT2D eigenvalue weighted by Crippen LogP contribution is 2.43. The van der Waals surface area contributed by atoms with E-state index in [0.29, 0.717) is 24.3 Å². The van der Waals surface area contributed by atoms with Crippen molar-refractivity contribution in [2.75, 3.05) is 6.61 Å². The zero-order valence-corrected chi connectivity index (χ0v) is 9.37. The van der Waals surface area contributed by atoms with Crippen molar-refractivity contribution in [1.29, 1.82) is 0 Å². The number of amides is 1. The lowest BCUT2D eigenvalue weighted by molar-refractivity contribution is -0.207. The lowest BCUT2D eigenvalue weighted by Gasteiger charge is -2.50. The molecule has 1 aliphatic carbocycles. The van der Waals surface area contributed by atoms with Crippen LogP contribution in [-0.4, -0.2) is 29.2 Å². The first kappa shape index (κ1) is 9.64. The molecular formula is C12H19NO2. The molecule has 0 N–H and O–H groups in total. The number of carbonyl (C=O) groups is 1. The van der Waals surface area contributed by atoms with E-state index in [9.17, 15) is 4.79 Å². The first-order valence-corrected chi connectivity index (χ1v) is 6.17. The van der Waals surface area contributed by atoms with Crippen LogP contribution >= 0.6 is 0 Å². The van der Waals surface area contributed by atoms with Crippen molar-refractivity contribution in [3.63, 3.8) is 0 Å². The van der Waals surface area contributed by atoms with E-state index in [2.05, 4.69) is 11.8 Å². The third kappa shape index (κ3) is 1.32. The van der Waals surface area contributed by atoms with Gasteiger partial charge in [0.2, 0.25) is 5.91 Å². The summed E-state index contributed by atoms with van der Waals surface area (Å²) in [5.74, 6) is 0.919. The summed E-state index contributed by atoms with van der Waals surface area (Å²) in [5.41, 5.74) is -0.268. The van der Waals surface area contributed by atoms with E-state index in [1.165, 1.54) is 25.7 Å². The Hall–Kier alpha value is -0.570. The monoisotopic (exact) mass is 209 g/mol. The van der Waals surface area contributed by atoms with Crippen LogP contribution in [-0.2, 0) is 9.53 Å². The van der Waals surface area contributed by atoms with Gasteiger partial charge in [-0.2, -0.15) is 0 Å². The second-order valence-electron chi connectivity index (χ2n) is 5.36. The summed E-state index contributed by atoms with van der Waals surface area (Å²) in [6.45, 7) is 2.95. The predicted octanol–water partition coefficient (Wildman–Crippen LogP) is 1.91. The van der Waals surface area contributed by atoms with Crippen molar-refractivity contribution >= 4 is 5.91 Å². The fraction of sp³-hybridized carbons (Fsp3) is 0.917. The minimum Gasteiger partial charge on any atom is -0.355 e. The summed E-state index contributed by atoms with van der Waals surface area (Å²) < 4.78 is 5.93. The standard InChI is InChI=1S/C12H19NO2/c1-12-7-6-11(14)13(12)10-5-3-2-4-9(10)8-15-12/h9-10H,2-8H2,1H3/t9-,10-,12-/m1/s1. The van der Waals surface area contributed by atoms with Crippen LogP contribution in [0.4, 0.5) is 0 Å². The second kappa shape index (κ2) is 3.21. The Bertz CT molecular complexity index is 291. The molecule has 15 heavy (non-hydrogen) atoms. The van der Waals surface area contributed by atoms with E-state index in [1.807, 2.05) is 0 Å². The number of hydrogen-bond donors (Lipinski definition) is 0. The molecule has 0 spiro atoms. The van der Waals surface area contributed by atoms with Crippen molar-refractivity contribution in [3.8, 4) is 0 Å². The maximum Gasteiger partial charge on any atom is 0.225 e. The number of carbonyl (C=O) groups excluding carboxylic acids is 1. The number of ether oxygens (including phenoxy) is 1. The van der Waals surface area contributed by atoms with Gasteiger partial charge in [0.1, 0.15) is 5.72 Å². The Kier molecular flexibility index (Phi) is 2.06. The highest BCUT2D eigenvalue weighted by atomic mass is 16.5. The highest BCUT2D eigenvalue weighted by Gasteiger charge is 2.51. The largest absolute Gasteiger partial charge is 0.355 e. The summed E-state index contributed by atoms with van der Waals surface area (Å²) in [6, 6.07) is 0.479. The Morgan fingerprint density at radius 1 is 1.40 bits per heavy atom. The fourth-order valence-corrected chi connectivity index (χ4v) is 3.53. The molecule has 0 aromatic carbocycles. The number of nitrogens with zero attached hydrogens (tertiary/aromatic N) is 1. The number of hydrogen-bond acceptors (Lipinski definition) is 2. The van der Waals surface area contributed by atoms with Crippen LogP contribution < -0.4 is 0 Å². The molecule has 3 rings (SSSR count). The minimum absolute atomic E-state index is 0.268. The summed E-state index contributed by atoms with van der Waals surface area (Å²) in [5, 5.41) is 0. The van der Waals surface area contributed by atoms with Gasteiger partial charge in [0.25, 0.3) is 0 Å². The van der Waals surface area contributed by atoms with Gasteiger partial charge < -0.3 is 9.64 Å². The molecule has 0 aromatic heterocycles. The van der Waals surface area contributed by atoms with E-state index in [0.717, 1.165) is 13.0 Å². The second-order valence-corrected chi connectivity index (χ2v) is 5.36. The van der Waals surface area contributed by atoms with Gasteiger partial charge >= 0.3 is 0 Å². The van der Waals surface area contributed by atoms with E-state index in [1.54, 1.807) is 0 Å². The van der Waals surface area contributed by atoms with Crippen molar-refractivity contribution < 1.29 is 9.53 Å². The van der Waals surface area contributed by atoms with Crippen molar-refractivity contribution in [1.82, 2.24) is 4.90 Å². The average molecular weight is 209 g/mol. The lowest BCUT2D eigenvalue weighted by atomic mass is 9.82. The summed E-state index contributed by atoms with van der Waals surface area (Å²) in [6.07, 6.45) is 6.58. The average Bonchev–Trinajstić information content (AvgIpc) is 2.56. The van der Waals surface area contributed by atoms with Crippen molar-refractivity contribution in [2.24, 2.45) is 5.92 Å². The predicted molar refractivity (Wildman–Crippen MR) is 56.2 cm³/mol. The molecule has 2 heterocycles. The lowest BCUT2D eigenvalue weighted by Crippen LogP contribution is -2.59. The summed E-state index contributed by atoms with van der Waals surface area (Å²) >= 11 is 0. The Labute approximate surface area is 90.8 Å². The molecule has 0 aromatic rings.